The monoisotopic (exact) mass is 609 g/mol. The van der Waals surface area contributed by atoms with Crippen molar-refractivity contribution in [2.75, 3.05) is 6.54 Å². The summed E-state index contributed by atoms with van der Waals surface area (Å²) in [6, 6.07) is 10.1. The van der Waals surface area contributed by atoms with Gasteiger partial charge in [0, 0.05) is 12.5 Å². The summed E-state index contributed by atoms with van der Waals surface area (Å²) >= 11 is 0. The van der Waals surface area contributed by atoms with Gasteiger partial charge in [0.2, 0.25) is 17.7 Å². The molecule has 4 atom stereocenters. The highest BCUT2D eigenvalue weighted by atomic mass is 32.2. The van der Waals surface area contributed by atoms with Crippen LogP contribution in [0.3, 0.4) is 0 Å². The van der Waals surface area contributed by atoms with Gasteiger partial charge in [-0.15, -0.1) is 0 Å². The van der Waals surface area contributed by atoms with E-state index in [2.05, 4.69) is 14.8 Å². The smallest absolute Gasteiger partial charge is 0.376 e. The molecule has 0 aromatic heterocycles. The van der Waals surface area contributed by atoms with Crippen LogP contribution in [-0.4, -0.2) is 49.1 Å². The minimum Gasteiger partial charge on any atom is -0.376 e. The molecule has 13 heteroatoms. The van der Waals surface area contributed by atoms with Crippen LogP contribution in [0.4, 0.5) is 13.2 Å². The number of carbonyl (C=O) groups is 3. The van der Waals surface area contributed by atoms with Crippen LogP contribution >= 0.6 is 0 Å². The third kappa shape index (κ3) is 6.88. The molecule has 0 bridgehead atoms. The van der Waals surface area contributed by atoms with Crippen LogP contribution in [0.15, 0.2) is 48.5 Å². The van der Waals surface area contributed by atoms with Gasteiger partial charge in [-0.2, -0.15) is 21.6 Å². The highest BCUT2D eigenvalue weighted by Gasteiger charge is 2.48. The van der Waals surface area contributed by atoms with Gasteiger partial charge in [0.1, 0.15) is 17.8 Å². The topological polar surface area (TPSA) is 122 Å². The number of rotatable bonds is 9. The Morgan fingerprint density at radius 1 is 1.05 bits per heavy atom. The Morgan fingerprint density at radius 3 is 2.40 bits per heavy atom. The molecule has 9 nitrogen and oxygen atoms in total. The van der Waals surface area contributed by atoms with Crippen molar-refractivity contribution in [2.24, 2.45) is 5.92 Å². The van der Waals surface area contributed by atoms with E-state index in [1.165, 1.54) is 22.6 Å². The lowest BCUT2D eigenvalue weighted by Gasteiger charge is -2.32. The molecule has 1 aliphatic heterocycles. The van der Waals surface area contributed by atoms with Crippen molar-refractivity contribution in [3.05, 3.63) is 65.2 Å². The van der Waals surface area contributed by atoms with Crippen LogP contribution in [0.5, 0.6) is 5.75 Å². The number of carbonyl (C=O) groups excluding carboxylic acids is 3. The molecule has 3 amide bonds. The van der Waals surface area contributed by atoms with E-state index in [1.54, 1.807) is 13.8 Å². The van der Waals surface area contributed by atoms with Crippen LogP contribution in [0.2, 0.25) is 0 Å². The molecule has 0 spiro atoms. The second-order valence-corrected chi connectivity index (χ2v) is 12.2. The number of fused-ring (bicyclic) bond motifs is 1. The molecule has 2 aromatic rings. The summed E-state index contributed by atoms with van der Waals surface area (Å²) in [6.45, 7) is 3.77. The van der Waals surface area contributed by atoms with E-state index < -0.39 is 51.2 Å². The summed E-state index contributed by atoms with van der Waals surface area (Å²) < 4.78 is 65.1. The molecule has 2 aromatic carbocycles. The number of likely N-dealkylation sites (tertiary alicyclic amines) is 1. The standard InChI is InChI=1S/C29H34F3N3O6S/c1-3-18(2)26(36)34-25(20-13-15-21(16-14-20)41-42(39,40)29(30,31)32)28(38)35-17-7-12-24(35)27(37)33-23-11-6-9-19-8-4-5-10-22(19)23/h4-5,8,10,13-16,18,23-25H,3,6-7,9,11-12,17H2,1-2H3,(H,33,37)(H,34,36)/t18-,23+,24-,25-/m0/s1. The Bertz CT molecular complexity index is 1410. The molecule has 228 valence electrons. The van der Waals surface area contributed by atoms with E-state index >= 15 is 0 Å². The van der Waals surface area contributed by atoms with Crippen molar-refractivity contribution in [3.8, 4) is 5.75 Å². The van der Waals surface area contributed by atoms with E-state index in [-0.39, 0.29) is 24.1 Å². The van der Waals surface area contributed by atoms with Crippen LogP contribution < -0.4 is 14.8 Å². The zero-order valence-electron chi connectivity index (χ0n) is 23.3. The van der Waals surface area contributed by atoms with Crippen LogP contribution in [0, 0.1) is 5.92 Å². The molecule has 1 fully saturated rings. The maximum absolute atomic E-state index is 13.9. The van der Waals surface area contributed by atoms with Gasteiger partial charge in [-0.05, 0) is 67.3 Å². The molecular weight excluding hydrogens is 575 g/mol. The number of halogens is 3. The van der Waals surface area contributed by atoms with Crippen LogP contribution in [0.25, 0.3) is 0 Å². The van der Waals surface area contributed by atoms with Crippen LogP contribution in [-0.2, 0) is 30.9 Å². The fourth-order valence-corrected chi connectivity index (χ4v) is 5.75. The number of alkyl halides is 3. The zero-order chi connectivity index (χ0) is 30.7. The average Bonchev–Trinajstić information content (AvgIpc) is 3.45. The van der Waals surface area contributed by atoms with E-state index in [0.29, 0.717) is 19.3 Å². The van der Waals surface area contributed by atoms with Crippen LogP contribution in [0.1, 0.15) is 74.7 Å². The minimum atomic E-state index is -5.88. The Balaban J connectivity index is 1.55. The van der Waals surface area contributed by atoms with E-state index in [0.717, 1.165) is 37.0 Å². The summed E-state index contributed by atoms with van der Waals surface area (Å²) in [6.07, 6.45) is 4.12. The summed E-state index contributed by atoms with van der Waals surface area (Å²) in [5.74, 6) is -2.32. The van der Waals surface area contributed by atoms with Gasteiger partial charge in [0.05, 0.1) is 6.04 Å². The second-order valence-electron chi connectivity index (χ2n) is 10.6. The zero-order valence-corrected chi connectivity index (χ0v) is 24.1. The van der Waals surface area contributed by atoms with Gasteiger partial charge in [0.25, 0.3) is 0 Å². The number of aryl methyl sites for hydroxylation is 1. The summed E-state index contributed by atoms with van der Waals surface area (Å²) in [5, 5.41) is 5.81. The number of amides is 3. The SMILES string of the molecule is CC[C@H](C)C(=O)N[C@H](C(=O)N1CCC[C@H]1C(=O)N[C@@H]1CCCc2ccccc21)c1ccc(OS(=O)(=O)C(F)(F)F)cc1. The Hall–Kier alpha value is -3.61. The molecule has 1 aliphatic carbocycles. The van der Waals surface area contributed by atoms with E-state index in [4.69, 9.17) is 0 Å². The summed E-state index contributed by atoms with van der Waals surface area (Å²) in [7, 11) is -5.88. The van der Waals surface area contributed by atoms with Crippen molar-refractivity contribution in [1.82, 2.24) is 15.5 Å². The van der Waals surface area contributed by atoms with Crippen molar-refractivity contribution in [1.29, 1.82) is 0 Å². The largest absolute Gasteiger partial charge is 0.534 e. The number of nitrogens with one attached hydrogen (secondary N) is 2. The quantitative estimate of drug-likeness (QED) is 0.323. The first-order valence-corrected chi connectivity index (χ1v) is 15.3. The molecule has 42 heavy (non-hydrogen) atoms. The molecular formula is C29H34F3N3O6S. The summed E-state index contributed by atoms with van der Waals surface area (Å²) in [4.78, 5) is 41.6. The number of hydrogen-bond donors (Lipinski definition) is 2. The van der Waals surface area contributed by atoms with Crippen molar-refractivity contribution in [3.63, 3.8) is 0 Å². The molecule has 0 radical (unpaired) electrons. The lowest BCUT2D eigenvalue weighted by atomic mass is 9.87. The second kappa shape index (κ2) is 12.7. The Morgan fingerprint density at radius 2 is 1.74 bits per heavy atom. The highest BCUT2D eigenvalue weighted by molar-refractivity contribution is 7.88. The fourth-order valence-electron chi connectivity index (χ4n) is 5.29. The lowest BCUT2D eigenvalue weighted by molar-refractivity contribution is -0.142. The normalized spacial score (nSPS) is 20.3. The number of nitrogens with zero attached hydrogens (tertiary/aromatic N) is 1. The van der Waals surface area contributed by atoms with Gasteiger partial charge in [-0.25, -0.2) is 0 Å². The summed E-state index contributed by atoms with van der Waals surface area (Å²) in [5.41, 5.74) is -3.18. The third-order valence-corrected chi connectivity index (χ3v) is 8.80. The Kier molecular flexibility index (Phi) is 9.49. The molecule has 4 rings (SSSR count). The molecule has 0 unspecified atom stereocenters. The molecule has 1 saturated heterocycles. The third-order valence-electron chi connectivity index (χ3n) is 7.82. The molecule has 2 N–H and O–H groups in total. The Labute approximate surface area is 242 Å². The maximum atomic E-state index is 13.9. The predicted octanol–water partition coefficient (Wildman–Crippen LogP) is 4.30. The van der Waals surface area contributed by atoms with Gasteiger partial charge in [-0.1, -0.05) is 50.2 Å². The lowest BCUT2D eigenvalue weighted by Crippen LogP contribution is -2.51. The van der Waals surface area contributed by atoms with Gasteiger partial charge < -0.3 is 19.7 Å². The van der Waals surface area contributed by atoms with Gasteiger partial charge in [0.15, 0.2) is 0 Å². The molecule has 2 aliphatic rings. The highest BCUT2D eigenvalue weighted by Crippen LogP contribution is 2.32. The van der Waals surface area contributed by atoms with E-state index in [1.807, 2.05) is 24.3 Å². The first-order chi connectivity index (χ1) is 19.8. The van der Waals surface area contributed by atoms with Crippen molar-refractivity contribution in [2.45, 2.75) is 76.0 Å². The number of benzene rings is 2. The van der Waals surface area contributed by atoms with Gasteiger partial charge >= 0.3 is 15.6 Å². The molecule has 0 saturated carbocycles. The van der Waals surface area contributed by atoms with Gasteiger partial charge in [-0.3, -0.25) is 14.4 Å². The first-order valence-electron chi connectivity index (χ1n) is 13.9. The minimum absolute atomic E-state index is 0.179. The fraction of sp³-hybridized carbons (Fsp3) is 0.483. The number of hydrogen-bond acceptors (Lipinski definition) is 6. The average molecular weight is 610 g/mol. The first kappa shape index (κ1) is 31.3. The molecule has 1 heterocycles. The maximum Gasteiger partial charge on any atom is 0.534 e. The van der Waals surface area contributed by atoms with E-state index in [9.17, 15) is 36.0 Å². The van der Waals surface area contributed by atoms with Crippen molar-refractivity contribution < 1.29 is 40.2 Å². The van der Waals surface area contributed by atoms with Crippen molar-refractivity contribution >= 4 is 27.8 Å². The predicted molar refractivity (Wildman–Crippen MR) is 147 cm³/mol.